The third-order valence-corrected chi connectivity index (χ3v) is 5.38. The molecule has 0 saturated heterocycles. The Morgan fingerprint density at radius 1 is 1.25 bits per heavy atom. The summed E-state index contributed by atoms with van der Waals surface area (Å²) < 4.78 is 32.8. The fourth-order valence-electron chi connectivity index (χ4n) is 2.20. The Morgan fingerprint density at radius 2 is 1.92 bits per heavy atom. The zero-order chi connectivity index (χ0) is 18.1. The molecule has 1 N–H and O–H groups in total. The van der Waals surface area contributed by atoms with Crippen molar-refractivity contribution < 1.29 is 18.1 Å². The molecule has 0 bridgehead atoms. The number of hydrogen-bond acceptors (Lipinski definition) is 5. The van der Waals surface area contributed by atoms with E-state index in [-0.39, 0.29) is 27.6 Å². The Hall–Kier alpha value is -2.32. The second-order valence-electron chi connectivity index (χ2n) is 5.06. The van der Waals surface area contributed by atoms with Gasteiger partial charge in [-0.3, -0.25) is 14.8 Å². The number of halogens is 1. The predicted molar refractivity (Wildman–Crippen MR) is 91.4 cm³/mol. The van der Waals surface area contributed by atoms with E-state index < -0.39 is 14.9 Å². The van der Waals surface area contributed by atoms with Gasteiger partial charge in [0.25, 0.3) is 15.7 Å². The molecule has 0 aromatic heterocycles. The van der Waals surface area contributed by atoms with Crippen molar-refractivity contribution in [3.8, 4) is 5.75 Å². The molecule has 0 saturated carbocycles. The molecule has 0 atom stereocenters. The largest absolute Gasteiger partial charge is 0.495 e. The summed E-state index contributed by atoms with van der Waals surface area (Å²) in [5.74, 6) is 0.247. The van der Waals surface area contributed by atoms with Crippen LogP contribution in [0.1, 0.15) is 11.1 Å². The van der Waals surface area contributed by atoms with Gasteiger partial charge in [-0.2, -0.15) is 0 Å². The molecule has 0 radical (unpaired) electrons. The maximum atomic E-state index is 12.6. The van der Waals surface area contributed by atoms with Crippen LogP contribution in [0.2, 0.25) is 5.02 Å². The average molecular weight is 371 g/mol. The van der Waals surface area contributed by atoms with Gasteiger partial charge in [-0.05, 0) is 31.5 Å². The van der Waals surface area contributed by atoms with Crippen LogP contribution in [-0.2, 0) is 10.0 Å². The molecule has 0 heterocycles. The van der Waals surface area contributed by atoms with Crippen LogP contribution in [-0.4, -0.2) is 20.5 Å². The number of hydrogen-bond donors (Lipinski definition) is 1. The normalized spacial score (nSPS) is 11.2. The monoisotopic (exact) mass is 370 g/mol. The fourth-order valence-corrected chi connectivity index (χ4v) is 3.68. The molecule has 0 aliphatic heterocycles. The van der Waals surface area contributed by atoms with Gasteiger partial charge in [-0.1, -0.05) is 17.7 Å². The molecular weight excluding hydrogens is 356 g/mol. The Balaban J connectivity index is 2.53. The Labute approximate surface area is 144 Å². The second kappa shape index (κ2) is 6.66. The van der Waals surface area contributed by atoms with Crippen molar-refractivity contribution >= 4 is 33.0 Å². The molecule has 0 amide bonds. The van der Waals surface area contributed by atoms with Crippen LogP contribution in [0.3, 0.4) is 0 Å². The first-order valence-corrected chi connectivity index (χ1v) is 8.64. The lowest BCUT2D eigenvalue weighted by molar-refractivity contribution is -0.385. The number of benzene rings is 2. The highest BCUT2D eigenvalue weighted by Crippen LogP contribution is 2.33. The van der Waals surface area contributed by atoms with Crippen LogP contribution in [0.5, 0.6) is 5.75 Å². The van der Waals surface area contributed by atoms with Gasteiger partial charge < -0.3 is 4.74 Å². The lowest BCUT2D eigenvalue weighted by Crippen LogP contribution is -2.15. The summed E-state index contributed by atoms with van der Waals surface area (Å²) >= 11 is 6.00. The molecule has 2 aromatic carbocycles. The molecule has 0 spiro atoms. The number of methoxy groups -OCH3 is 1. The highest BCUT2D eigenvalue weighted by molar-refractivity contribution is 7.92. The molecule has 2 aromatic rings. The summed E-state index contributed by atoms with van der Waals surface area (Å²) in [4.78, 5) is 10.2. The van der Waals surface area contributed by atoms with E-state index in [0.29, 0.717) is 10.6 Å². The third kappa shape index (κ3) is 3.44. The standard InChI is InChI=1S/C15H15ClN2O5S/c1-9-7-12(14(23-3)8-11(9)16)17-24(21,22)15-6-4-5-13(10(15)2)18(19)20/h4-8,17H,1-3H3. The Morgan fingerprint density at radius 3 is 2.50 bits per heavy atom. The van der Waals surface area contributed by atoms with Crippen molar-refractivity contribution in [2.24, 2.45) is 0 Å². The van der Waals surface area contributed by atoms with Crippen LogP contribution in [0.4, 0.5) is 11.4 Å². The first-order valence-electron chi connectivity index (χ1n) is 6.78. The second-order valence-corrected chi connectivity index (χ2v) is 7.12. The summed E-state index contributed by atoms with van der Waals surface area (Å²) in [6.07, 6.45) is 0. The van der Waals surface area contributed by atoms with E-state index in [0.717, 1.165) is 0 Å². The van der Waals surface area contributed by atoms with Crippen molar-refractivity contribution in [1.29, 1.82) is 0 Å². The quantitative estimate of drug-likeness (QED) is 0.639. The number of nitrogens with zero attached hydrogens (tertiary/aromatic N) is 1. The topological polar surface area (TPSA) is 98.5 Å². The summed E-state index contributed by atoms with van der Waals surface area (Å²) in [6.45, 7) is 3.11. The number of nitrogens with one attached hydrogen (secondary N) is 1. The van der Waals surface area contributed by atoms with Crippen molar-refractivity contribution in [3.05, 3.63) is 56.6 Å². The molecule has 7 nitrogen and oxygen atoms in total. The van der Waals surface area contributed by atoms with Crippen molar-refractivity contribution in [2.45, 2.75) is 18.7 Å². The Bertz CT molecular complexity index is 912. The summed E-state index contributed by atoms with van der Waals surface area (Å²) in [7, 11) is -2.65. The van der Waals surface area contributed by atoms with E-state index in [1.54, 1.807) is 6.92 Å². The van der Waals surface area contributed by atoms with Gasteiger partial charge in [0.15, 0.2) is 0 Å². The van der Waals surface area contributed by atoms with E-state index in [9.17, 15) is 18.5 Å². The lowest BCUT2D eigenvalue weighted by atomic mass is 10.2. The van der Waals surface area contributed by atoms with E-state index in [1.807, 2.05) is 0 Å². The molecule has 128 valence electrons. The molecule has 0 fully saturated rings. The summed E-state index contributed by atoms with van der Waals surface area (Å²) in [5.41, 5.74) is 0.646. The molecule has 0 aliphatic carbocycles. The third-order valence-electron chi connectivity index (χ3n) is 3.47. The van der Waals surface area contributed by atoms with Gasteiger partial charge in [0.1, 0.15) is 5.75 Å². The number of sulfonamides is 1. The maximum absolute atomic E-state index is 12.6. The van der Waals surface area contributed by atoms with Gasteiger partial charge in [0, 0.05) is 22.7 Å². The highest BCUT2D eigenvalue weighted by atomic mass is 35.5. The molecule has 0 aliphatic rings. The number of aryl methyl sites for hydroxylation is 1. The maximum Gasteiger partial charge on any atom is 0.273 e. The number of rotatable bonds is 5. The Kier molecular flexibility index (Phi) is 5.00. The summed E-state index contributed by atoms with van der Waals surface area (Å²) in [5, 5.41) is 11.4. The van der Waals surface area contributed by atoms with Crippen LogP contribution in [0.25, 0.3) is 0 Å². The minimum absolute atomic E-state index is 0.0552. The van der Waals surface area contributed by atoms with Gasteiger partial charge in [0.05, 0.1) is 22.6 Å². The van der Waals surface area contributed by atoms with Gasteiger partial charge in [0.2, 0.25) is 0 Å². The number of nitro benzene ring substituents is 1. The predicted octanol–water partition coefficient (Wildman–Crippen LogP) is 3.67. The smallest absolute Gasteiger partial charge is 0.273 e. The number of ether oxygens (including phenoxy) is 1. The van der Waals surface area contributed by atoms with Crippen molar-refractivity contribution in [1.82, 2.24) is 0 Å². The first-order chi connectivity index (χ1) is 11.2. The van der Waals surface area contributed by atoms with Gasteiger partial charge in [-0.25, -0.2) is 8.42 Å². The van der Waals surface area contributed by atoms with Gasteiger partial charge in [-0.15, -0.1) is 0 Å². The number of nitro groups is 1. The van der Waals surface area contributed by atoms with Crippen LogP contribution < -0.4 is 9.46 Å². The van der Waals surface area contributed by atoms with Crippen LogP contribution in [0, 0.1) is 24.0 Å². The van der Waals surface area contributed by atoms with E-state index in [1.165, 1.54) is 44.4 Å². The van der Waals surface area contributed by atoms with Crippen LogP contribution >= 0.6 is 11.6 Å². The van der Waals surface area contributed by atoms with E-state index in [4.69, 9.17) is 16.3 Å². The van der Waals surface area contributed by atoms with Crippen molar-refractivity contribution in [3.63, 3.8) is 0 Å². The van der Waals surface area contributed by atoms with E-state index in [2.05, 4.69) is 4.72 Å². The molecular formula is C15H15ClN2O5S. The average Bonchev–Trinajstić information content (AvgIpc) is 2.50. The molecule has 24 heavy (non-hydrogen) atoms. The molecule has 2 rings (SSSR count). The lowest BCUT2D eigenvalue weighted by Gasteiger charge is -2.14. The highest BCUT2D eigenvalue weighted by Gasteiger charge is 2.24. The van der Waals surface area contributed by atoms with E-state index >= 15 is 0 Å². The fraction of sp³-hybridized carbons (Fsp3) is 0.200. The SMILES string of the molecule is COc1cc(Cl)c(C)cc1NS(=O)(=O)c1cccc([N+](=O)[O-])c1C. The molecule has 0 unspecified atom stereocenters. The number of anilines is 1. The summed E-state index contributed by atoms with van der Waals surface area (Å²) in [6, 6.07) is 6.91. The van der Waals surface area contributed by atoms with Gasteiger partial charge >= 0.3 is 0 Å². The minimum Gasteiger partial charge on any atom is -0.495 e. The first kappa shape index (κ1) is 18.0. The minimum atomic E-state index is -4.04. The zero-order valence-corrected chi connectivity index (χ0v) is 14.7. The van der Waals surface area contributed by atoms with Crippen molar-refractivity contribution in [2.75, 3.05) is 11.8 Å². The van der Waals surface area contributed by atoms with Crippen LogP contribution in [0.15, 0.2) is 35.2 Å². The molecule has 9 heteroatoms. The zero-order valence-electron chi connectivity index (χ0n) is 13.2.